The Kier molecular flexibility index (Phi) is 9.39. The van der Waals surface area contributed by atoms with Gasteiger partial charge in [0.05, 0.1) is 6.54 Å². The summed E-state index contributed by atoms with van der Waals surface area (Å²) in [7, 11) is 1.60. The van der Waals surface area contributed by atoms with E-state index < -0.39 is 12.7 Å². The summed E-state index contributed by atoms with van der Waals surface area (Å²) in [6.45, 7) is 0.355. The summed E-state index contributed by atoms with van der Waals surface area (Å²) in [5.74, 6) is 0.140. The highest BCUT2D eigenvalue weighted by Crippen LogP contribution is 2.20. The summed E-state index contributed by atoms with van der Waals surface area (Å²) in [6.07, 6.45) is -2.98. The van der Waals surface area contributed by atoms with E-state index in [4.69, 9.17) is 11.6 Å². The van der Waals surface area contributed by atoms with E-state index in [2.05, 4.69) is 15.6 Å². The highest BCUT2D eigenvalue weighted by Gasteiger charge is 2.34. The zero-order valence-electron chi connectivity index (χ0n) is 14.2. The largest absolute Gasteiger partial charge is 0.401 e. The maximum atomic E-state index is 13.0. The average Bonchev–Trinajstić information content (AvgIpc) is 2.93. The number of nitrogens with zero attached hydrogens (tertiary/aromatic N) is 2. The van der Waals surface area contributed by atoms with Crippen LogP contribution in [0.3, 0.4) is 0 Å². The van der Waals surface area contributed by atoms with Crippen molar-refractivity contribution in [3.05, 3.63) is 34.6 Å². The molecule has 0 saturated carbocycles. The van der Waals surface area contributed by atoms with Crippen molar-refractivity contribution in [3.63, 3.8) is 0 Å². The van der Waals surface area contributed by atoms with Gasteiger partial charge in [0.1, 0.15) is 5.82 Å². The second-order valence-electron chi connectivity index (χ2n) is 5.96. The van der Waals surface area contributed by atoms with Gasteiger partial charge in [0, 0.05) is 37.7 Å². The molecule has 0 aromatic heterocycles. The Bertz CT molecular complexity index is 612. The normalized spacial score (nSPS) is 18.5. The second kappa shape index (κ2) is 10.5. The first-order chi connectivity index (χ1) is 11.8. The number of halogens is 6. The topological polar surface area (TPSA) is 39.7 Å². The highest BCUT2D eigenvalue weighted by molar-refractivity contribution is 14.0. The maximum Gasteiger partial charge on any atom is 0.401 e. The van der Waals surface area contributed by atoms with Gasteiger partial charge in [-0.05, 0) is 30.5 Å². The molecule has 1 saturated heterocycles. The molecule has 2 rings (SSSR count). The van der Waals surface area contributed by atoms with Crippen molar-refractivity contribution in [2.24, 2.45) is 4.99 Å². The smallest absolute Gasteiger partial charge is 0.356 e. The molecular weight excluding hydrogens is 487 g/mol. The number of hydrogen-bond acceptors (Lipinski definition) is 2. The molecule has 0 radical (unpaired) electrons. The van der Waals surface area contributed by atoms with Crippen LogP contribution in [0.25, 0.3) is 0 Å². The van der Waals surface area contributed by atoms with Crippen molar-refractivity contribution >= 4 is 41.5 Å². The van der Waals surface area contributed by atoms with Crippen LogP contribution < -0.4 is 10.6 Å². The van der Waals surface area contributed by atoms with Crippen LogP contribution in [0.4, 0.5) is 17.6 Å². The Morgan fingerprint density at radius 3 is 2.73 bits per heavy atom. The van der Waals surface area contributed by atoms with E-state index in [1.54, 1.807) is 13.1 Å². The highest BCUT2D eigenvalue weighted by atomic mass is 127. The lowest BCUT2D eigenvalue weighted by Gasteiger charge is -2.19. The first-order valence-corrected chi connectivity index (χ1v) is 8.35. The van der Waals surface area contributed by atoms with Crippen molar-refractivity contribution in [1.29, 1.82) is 0 Å². The van der Waals surface area contributed by atoms with Gasteiger partial charge in [0.15, 0.2) is 5.96 Å². The molecule has 1 heterocycles. The van der Waals surface area contributed by atoms with Gasteiger partial charge in [-0.3, -0.25) is 9.89 Å². The zero-order chi connectivity index (χ0) is 18.4. The molecule has 148 valence electrons. The van der Waals surface area contributed by atoms with Crippen LogP contribution in [0.15, 0.2) is 23.2 Å². The molecule has 0 amide bonds. The Morgan fingerprint density at radius 2 is 2.12 bits per heavy atom. The van der Waals surface area contributed by atoms with Crippen LogP contribution in [0.2, 0.25) is 5.02 Å². The van der Waals surface area contributed by atoms with E-state index in [1.807, 2.05) is 0 Å². The van der Waals surface area contributed by atoms with E-state index in [1.165, 1.54) is 17.0 Å². The average molecular weight is 509 g/mol. The number of benzene rings is 1. The zero-order valence-corrected chi connectivity index (χ0v) is 17.3. The number of aliphatic imine (C=N–C) groups is 1. The van der Waals surface area contributed by atoms with Crippen molar-refractivity contribution in [2.75, 3.05) is 33.2 Å². The lowest BCUT2D eigenvalue weighted by molar-refractivity contribution is -0.143. The summed E-state index contributed by atoms with van der Waals surface area (Å²) in [6, 6.07) is 4.16. The van der Waals surface area contributed by atoms with Crippen LogP contribution >= 0.6 is 35.6 Å². The minimum absolute atomic E-state index is 0. The van der Waals surface area contributed by atoms with Crippen molar-refractivity contribution in [2.45, 2.75) is 25.1 Å². The number of hydrogen-bond donors (Lipinski definition) is 2. The lowest BCUT2D eigenvalue weighted by Crippen LogP contribution is -2.45. The molecule has 1 unspecified atom stereocenters. The van der Waals surface area contributed by atoms with E-state index in [0.717, 1.165) is 5.56 Å². The van der Waals surface area contributed by atoms with Gasteiger partial charge >= 0.3 is 6.18 Å². The van der Waals surface area contributed by atoms with Crippen molar-refractivity contribution in [1.82, 2.24) is 15.5 Å². The molecule has 26 heavy (non-hydrogen) atoms. The molecule has 10 heteroatoms. The number of guanidine groups is 1. The van der Waals surface area contributed by atoms with Crippen molar-refractivity contribution in [3.8, 4) is 0 Å². The van der Waals surface area contributed by atoms with Gasteiger partial charge in [-0.1, -0.05) is 17.7 Å². The molecule has 1 aromatic carbocycles. The van der Waals surface area contributed by atoms with Gasteiger partial charge in [-0.25, -0.2) is 4.39 Å². The first kappa shape index (κ1) is 23.2. The monoisotopic (exact) mass is 508 g/mol. The third kappa shape index (κ3) is 7.83. The molecular formula is C16H22ClF4IN4. The lowest BCUT2D eigenvalue weighted by atomic mass is 10.1. The van der Waals surface area contributed by atoms with Gasteiger partial charge < -0.3 is 10.6 Å². The second-order valence-corrected chi connectivity index (χ2v) is 6.37. The summed E-state index contributed by atoms with van der Waals surface area (Å²) in [4.78, 5) is 5.46. The van der Waals surface area contributed by atoms with Gasteiger partial charge in [-0.15, -0.1) is 24.0 Å². The summed E-state index contributed by atoms with van der Waals surface area (Å²) >= 11 is 5.97. The quantitative estimate of drug-likeness (QED) is 0.277. The predicted molar refractivity (Wildman–Crippen MR) is 106 cm³/mol. The molecule has 0 bridgehead atoms. The minimum atomic E-state index is -4.18. The van der Waals surface area contributed by atoms with Crippen LogP contribution in [-0.2, 0) is 6.42 Å². The Hall–Kier alpha value is -0.810. The van der Waals surface area contributed by atoms with Gasteiger partial charge in [0.2, 0.25) is 0 Å². The fourth-order valence-electron chi connectivity index (χ4n) is 2.78. The fraction of sp³-hybridized carbons (Fsp3) is 0.562. The number of likely N-dealkylation sites (tertiary alicyclic amines) is 1. The first-order valence-electron chi connectivity index (χ1n) is 7.97. The van der Waals surface area contributed by atoms with Gasteiger partial charge in [0.25, 0.3) is 0 Å². The molecule has 1 aromatic rings. The Balaban J connectivity index is 0.00000338. The van der Waals surface area contributed by atoms with Crippen LogP contribution in [0.5, 0.6) is 0 Å². The molecule has 2 N–H and O–H groups in total. The van der Waals surface area contributed by atoms with Crippen LogP contribution in [-0.4, -0.2) is 56.3 Å². The minimum Gasteiger partial charge on any atom is -0.356 e. The molecule has 1 aliphatic heterocycles. The van der Waals surface area contributed by atoms with Gasteiger partial charge in [-0.2, -0.15) is 13.2 Å². The van der Waals surface area contributed by atoms with E-state index in [9.17, 15) is 17.6 Å². The Labute approximate surface area is 172 Å². The van der Waals surface area contributed by atoms with Crippen LogP contribution in [0, 0.1) is 5.82 Å². The standard InChI is InChI=1S/C16H21ClF4N4.HI/c1-22-15(23-6-4-11-2-3-12(18)8-14(11)17)24-13-5-7-25(9-13)10-16(19,20)21;/h2-3,8,13H,4-7,9-10H2,1H3,(H2,22,23,24);1H. The maximum absolute atomic E-state index is 13.0. The SMILES string of the molecule is CN=C(NCCc1ccc(F)cc1Cl)NC1CCN(CC(F)(F)F)C1.I. The molecule has 1 fully saturated rings. The number of alkyl halides is 3. The molecule has 0 aliphatic carbocycles. The molecule has 0 spiro atoms. The predicted octanol–water partition coefficient (Wildman–Crippen LogP) is 3.44. The van der Waals surface area contributed by atoms with Crippen molar-refractivity contribution < 1.29 is 17.6 Å². The molecule has 1 atom stereocenters. The molecule has 4 nitrogen and oxygen atoms in total. The third-order valence-electron chi connectivity index (χ3n) is 3.94. The third-order valence-corrected chi connectivity index (χ3v) is 4.29. The summed E-state index contributed by atoms with van der Waals surface area (Å²) in [5.41, 5.74) is 0.809. The van der Waals surface area contributed by atoms with E-state index >= 15 is 0 Å². The van der Waals surface area contributed by atoms with E-state index in [-0.39, 0.29) is 35.8 Å². The van der Waals surface area contributed by atoms with E-state index in [0.29, 0.717) is 43.5 Å². The Morgan fingerprint density at radius 1 is 1.38 bits per heavy atom. The number of nitrogens with one attached hydrogen (secondary N) is 2. The molecule has 1 aliphatic rings. The van der Waals surface area contributed by atoms with Crippen LogP contribution in [0.1, 0.15) is 12.0 Å². The summed E-state index contributed by atoms with van der Waals surface area (Å²) < 4.78 is 50.3. The number of rotatable bonds is 5. The fourth-order valence-corrected chi connectivity index (χ4v) is 3.04. The summed E-state index contributed by atoms with van der Waals surface area (Å²) in [5, 5.41) is 6.59.